The van der Waals surface area contributed by atoms with Crippen LogP contribution < -0.4 is 0 Å². The Morgan fingerprint density at radius 1 is 1.07 bits per heavy atom. The van der Waals surface area contributed by atoms with Crippen LogP contribution in [0.2, 0.25) is 0 Å². The molecule has 4 saturated heterocycles. The predicted octanol–water partition coefficient (Wildman–Crippen LogP) is -2.84. The summed E-state index contributed by atoms with van der Waals surface area (Å²) in [6.45, 7) is 0. The van der Waals surface area contributed by atoms with Gasteiger partial charge in [-0.05, 0) is 0 Å². The van der Waals surface area contributed by atoms with E-state index in [1.54, 1.807) is 0 Å². The summed E-state index contributed by atoms with van der Waals surface area (Å²) in [6, 6.07) is 0. The van der Waals surface area contributed by atoms with Crippen LogP contribution in [0.1, 0.15) is 0 Å². The molecule has 0 aromatic heterocycles. The topological polar surface area (TPSA) is 129 Å². The van der Waals surface area contributed by atoms with Crippen LogP contribution in [0.5, 0.6) is 0 Å². The van der Waals surface area contributed by atoms with Crippen molar-refractivity contribution in [2.24, 2.45) is 0 Å². The van der Waals surface area contributed by atoms with Crippen molar-refractivity contribution in [3.05, 3.63) is 0 Å². The van der Waals surface area contributed by atoms with Gasteiger partial charge in [0.25, 0.3) is 0 Å². The van der Waals surface area contributed by atoms with E-state index in [4.69, 9.17) is 4.74 Å². The molecule has 82 valence electrons. The van der Waals surface area contributed by atoms with Crippen molar-refractivity contribution in [3.63, 3.8) is 0 Å². The Balaban J connectivity index is 1.89. The highest BCUT2D eigenvalue weighted by Gasteiger charge is 3.06. The van der Waals surface area contributed by atoms with Gasteiger partial charge in [-0.3, -0.25) is 14.4 Å². The summed E-state index contributed by atoms with van der Waals surface area (Å²) < 4.78 is 9.18. The molecule has 0 amide bonds. The summed E-state index contributed by atoms with van der Waals surface area (Å²) in [7, 11) is 0. The van der Waals surface area contributed by atoms with Gasteiger partial charge in [-0.2, -0.15) is 9.78 Å². The fourth-order valence-corrected chi connectivity index (χ4v) is 1.66. The first-order valence-electron chi connectivity index (χ1n) is 3.78. The number of carbonyl (C=O) groups excluding carboxylic acids is 1. The third kappa shape index (κ3) is 0.558. The van der Waals surface area contributed by atoms with E-state index in [0.29, 0.717) is 0 Å². The van der Waals surface area contributed by atoms with Gasteiger partial charge in [-0.15, -0.1) is 4.89 Å². The van der Waals surface area contributed by atoms with Gasteiger partial charge in [0.2, 0.25) is 0 Å². The Morgan fingerprint density at radius 3 is 2.67 bits per heavy atom. The highest BCUT2D eigenvalue weighted by molar-refractivity contribution is 5.83. The van der Waals surface area contributed by atoms with E-state index in [9.17, 15) is 15.0 Å². The summed E-state index contributed by atoms with van der Waals surface area (Å²) in [5, 5.41) is 23.2. The molecule has 0 radical (unpaired) electrons. The average molecular weight is 222 g/mol. The van der Waals surface area contributed by atoms with Crippen LogP contribution in [0.4, 0.5) is 0 Å². The Bertz CT molecular complexity index is 395. The molecule has 0 bridgehead atoms. The van der Waals surface area contributed by atoms with Gasteiger partial charge in [0.1, 0.15) is 0 Å². The first-order chi connectivity index (χ1) is 7.00. The van der Waals surface area contributed by atoms with E-state index in [1.165, 1.54) is 0 Å². The van der Waals surface area contributed by atoms with E-state index in [1.807, 2.05) is 0 Å². The molecule has 0 saturated carbocycles. The maximum absolute atomic E-state index is 11.3. The monoisotopic (exact) mass is 222 g/mol. The molecular weight excluding hydrogens is 220 g/mol. The minimum atomic E-state index is -2.56. The van der Waals surface area contributed by atoms with E-state index >= 15 is 0 Å². The molecule has 15 heavy (non-hydrogen) atoms. The number of carbonyl (C=O) groups is 1. The SMILES string of the molecule is O=C1OOC2(O)O[C@]2(O)[C@@]23OOO[C@]12O3. The van der Waals surface area contributed by atoms with Crippen LogP contribution in [0.3, 0.4) is 0 Å². The quantitative estimate of drug-likeness (QED) is 0.326. The van der Waals surface area contributed by atoms with Gasteiger partial charge in [0.05, 0.1) is 0 Å². The first-order valence-corrected chi connectivity index (χ1v) is 3.78. The normalized spacial score (nSPS) is 64.8. The summed E-state index contributed by atoms with van der Waals surface area (Å²) in [5.41, 5.74) is 0. The van der Waals surface area contributed by atoms with Crippen molar-refractivity contribution in [1.82, 2.24) is 0 Å². The largest absolute Gasteiger partial charge is 0.411 e. The minimum Gasteiger partial charge on any atom is -0.355 e. The van der Waals surface area contributed by atoms with Gasteiger partial charge in [-0.25, -0.2) is 4.79 Å². The van der Waals surface area contributed by atoms with Crippen LogP contribution in [-0.4, -0.2) is 39.5 Å². The van der Waals surface area contributed by atoms with Gasteiger partial charge < -0.3 is 10.2 Å². The number of ether oxygens (including phenoxy) is 2. The molecule has 2 N–H and O–H groups in total. The maximum Gasteiger partial charge on any atom is 0.411 e. The lowest BCUT2D eigenvalue weighted by atomic mass is 10.1. The molecule has 4 heterocycles. The van der Waals surface area contributed by atoms with E-state index in [2.05, 4.69) is 29.3 Å². The zero-order valence-electron chi connectivity index (χ0n) is 6.66. The van der Waals surface area contributed by atoms with Gasteiger partial charge in [0.15, 0.2) is 0 Å². The first kappa shape index (κ1) is 8.32. The lowest BCUT2D eigenvalue weighted by molar-refractivity contribution is -0.539. The molecule has 0 aromatic carbocycles. The fourth-order valence-electron chi connectivity index (χ4n) is 1.66. The second-order valence-corrected chi connectivity index (χ2v) is 3.35. The smallest absolute Gasteiger partial charge is 0.355 e. The molecule has 4 aliphatic rings. The van der Waals surface area contributed by atoms with Crippen molar-refractivity contribution in [2.75, 3.05) is 0 Å². The van der Waals surface area contributed by atoms with Gasteiger partial charge >= 0.3 is 29.3 Å². The number of rotatable bonds is 0. The standard InChI is InChI=1S/C5H2O10/c6-1-2-4(10-2,13-15-12-2)3(7)5(8,11-3)14-9-1/h7-8H/t2-,3-,4+,5?/m1/s1. The van der Waals surface area contributed by atoms with Crippen LogP contribution in [0.15, 0.2) is 0 Å². The Kier molecular flexibility index (Phi) is 0.980. The zero-order chi connectivity index (χ0) is 10.5. The second kappa shape index (κ2) is 1.77. The molecule has 0 aliphatic carbocycles. The summed E-state index contributed by atoms with van der Waals surface area (Å²) in [6.07, 6.45) is 0. The average Bonchev–Trinajstić information content (AvgIpc) is 2.97. The zero-order valence-corrected chi connectivity index (χ0v) is 6.66. The lowest BCUT2D eigenvalue weighted by Crippen LogP contribution is -2.44. The third-order valence-electron chi connectivity index (χ3n) is 2.60. The van der Waals surface area contributed by atoms with Crippen molar-refractivity contribution in [3.8, 4) is 0 Å². The Labute approximate surface area is 79.5 Å². The van der Waals surface area contributed by atoms with Gasteiger partial charge in [0, 0.05) is 0 Å². The fraction of sp³-hybridized carbons (Fsp3) is 0.800. The minimum absolute atomic E-state index is 1.18. The lowest BCUT2D eigenvalue weighted by Gasteiger charge is -2.09. The van der Waals surface area contributed by atoms with Crippen molar-refractivity contribution in [2.45, 2.75) is 23.3 Å². The number of hydrogen-bond donors (Lipinski definition) is 2. The number of fused-ring (bicyclic) bond motifs is 1. The third-order valence-corrected chi connectivity index (χ3v) is 2.60. The predicted molar refractivity (Wildman–Crippen MR) is 28.0 cm³/mol. The van der Waals surface area contributed by atoms with Crippen LogP contribution in [0, 0.1) is 0 Å². The van der Waals surface area contributed by atoms with Gasteiger partial charge in [-0.1, -0.05) is 5.04 Å². The molecule has 4 rings (SSSR count). The van der Waals surface area contributed by atoms with E-state index in [-0.39, 0.29) is 0 Å². The van der Waals surface area contributed by atoms with E-state index in [0.717, 1.165) is 0 Å². The van der Waals surface area contributed by atoms with Crippen LogP contribution in [-0.2, 0) is 38.9 Å². The molecule has 4 fully saturated rings. The number of epoxide rings is 2. The molecule has 0 spiro atoms. The van der Waals surface area contributed by atoms with E-state index < -0.39 is 29.3 Å². The molecule has 10 nitrogen and oxygen atoms in total. The van der Waals surface area contributed by atoms with Crippen molar-refractivity contribution < 1.29 is 49.1 Å². The Morgan fingerprint density at radius 2 is 1.87 bits per heavy atom. The van der Waals surface area contributed by atoms with Crippen LogP contribution in [0.25, 0.3) is 0 Å². The highest BCUT2D eigenvalue weighted by Crippen LogP contribution is 2.71. The molecule has 10 heteroatoms. The molecule has 4 atom stereocenters. The summed E-state index contributed by atoms with van der Waals surface area (Å²) in [5.74, 6) is -10.5. The second-order valence-electron chi connectivity index (χ2n) is 3.35. The van der Waals surface area contributed by atoms with Crippen molar-refractivity contribution in [1.29, 1.82) is 0 Å². The van der Waals surface area contributed by atoms with Crippen molar-refractivity contribution >= 4 is 5.97 Å². The molecular formula is C5H2O10. The number of hydrogen-bond acceptors (Lipinski definition) is 10. The molecule has 0 aromatic rings. The van der Waals surface area contributed by atoms with Crippen LogP contribution >= 0.6 is 0 Å². The number of aliphatic hydroxyl groups is 2. The molecule has 1 unspecified atom stereocenters. The summed E-state index contributed by atoms with van der Waals surface area (Å²) in [4.78, 5) is 28.3. The Hall–Kier alpha value is -0.850. The summed E-state index contributed by atoms with van der Waals surface area (Å²) >= 11 is 0. The maximum atomic E-state index is 11.3. The highest BCUT2D eigenvalue weighted by atomic mass is 17.6. The molecule has 4 aliphatic heterocycles.